The molecular formula is C31H35N5O5. The van der Waals surface area contributed by atoms with E-state index in [1.54, 1.807) is 0 Å². The Kier molecular flexibility index (Phi) is 8.71. The number of hydrogen-bond donors (Lipinski definition) is 2. The van der Waals surface area contributed by atoms with Gasteiger partial charge in [-0.15, -0.1) is 0 Å². The van der Waals surface area contributed by atoms with Crippen LogP contribution < -0.4 is 10.6 Å². The van der Waals surface area contributed by atoms with Crippen LogP contribution in [0, 0.1) is 10.1 Å². The van der Waals surface area contributed by atoms with Crippen LogP contribution in [0.15, 0.2) is 84.9 Å². The van der Waals surface area contributed by atoms with Crippen molar-refractivity contribution in [1.29, 1.82) is 0 Å². The van der Waals surface area contributed by atoms with E-state index in [-0.39, 0.29) is 42.1 Å². The standard InChI is InChI=1S/C31H35N5O5/c1-21(37)35(31(2,3)4)34-20-27(23-14-9-6-10-15-23)26(22-12-7-5-8-13-22)19-28(29(34)38)33-30(39)32-24-16-11-17-25(18-24)36(40)41/h5-18,26-28H,19-20H2,1-4H3,(H2,32,33,39). The number of nitrogens with one attached hydrogen (secondary N) is 2. The number of carbonyl (C=O) groups excluding carboxylic acids is 3. The predicted molar refractivity (Wildman–Crippen MR) is 156 cm³/mol. The largest absolute Gasteiger partial charge is 0.326 e. The SMILES string of the molecule is CC(=O)N(N1CC(c2ccccc2)C(c2ccccc2)CC(NC(=O)Nc2cccc([N+](=O)[O-])c2)C1=O)C(C)(C)C. The molecule has 1 saturated heterocycles. The number of hydrazine groups is 1. The number of urea groups is 1. The molecule has 1 heterocycles. The lowest BCUT2D eigenvalue weighted by atomic mass is 9.78. The van der Waals surface area contributed by atoms with Crippen LogP contribution in [-0.4, -0.2) is 50.9 Å². The number of nitrogens with zero attached hydrogens (tertiary/aromatic N) is 3. The summed E-state index contributed by atoms with van der Waals surface area (Å²) in [6.45, 7) is 7.22. The molecule has 1 aliphatic rings. The summed E-state index contributed by atoms with van der Waals surface area (Å²) in [6, 6.07) is 23.6. The molecule has 214 valence electrons. The van der Waals surface area contributed by atoms with Crippen molar-refractivity contribution in [3.8, 4) is 0 Å². The van der Waals surface area contributed by atoms with E-state index in [0.29, 0.717) is 0 Å². The zero-order valence-electron chi connectivity index (χ0n) is 23.6. The normalized spacial score (nSPS) is 19.2. The van der Waals surface area contributed by atoms with Crippen LogP contribution in [0.5, 0.6) is 0 Å². The molecule has 4 rings (SSSR count). The minimum Gasteiger partial charge on any atom is -0.326 e. The Balaban J connectivity index is 1.75. The summed E-state index contributed by atoms with van der Waals surface area (Å²) < 4.78 is 0. The van der Waals surface area contributed by atoms with Gasteiger partial charge in [-0.1, -0.05) is 66.7 Å². The van der Waals surface area contributed by atoms with Gasteiger partial charge in [0.1, 0.15) is 6.04 Å². The fourth-order valence-electron chi connectivity index (χ4n) is 5.54. The molecule has 0 radical (unpaired) electrons. The summed E-state index contributed by atoms with van der Waals surface area (Å²) in [7, 11) is 0. The lowest BCUT2D eigenvalue weighted by molar-refractivity contribution is -0.384. The minimum atomic E-state index is -0.989. The number of hydrogen-bond acceptors (Lipinski definition) is 5. The van der Waals surface area contributed by atoms with Crippen molar-refractivity contribution in [2.24, 2.45) is 0 Å². The third kappa shape index (κ3) is 6.89. The Morgan fingerprint density at radius 1 is 0.927 bits per heavy atom. The Morgan fingerprint density at radius 2 is 1.51 bits per heavy atom. The molecule has 0 aliphatic carbocycles. The number of nitro benzene ring substituents is 1. The molecule has 10 nitrogen and oxygen atoms in total. The summed E-state index contributed by atoms with van der Waals surface area (Å²) in [6.07, 6.45) is 0.275. The van der Waals surface area contributed by atoms with Gasteiger partial charge in [0.05, 0.1) is 17.0 Å². The first kappa shape index (κ1) is 29.3. The highest BCUT2D eigenvalue weighted by molar-refractivity contribution is 5.94. The molecule has 0 aromatic heterocycles. The number of amides is 4. The highest BCUT2D eigenvalue weighted by Gasteiger charge is 2.44. The second-order valence-corrected chi connectivity index (χ2v) is 11.2. The molecule has 3 aromatic carbocycles. The predicted octanol–water partition coefficient (Wildman–Crippen LogP) is 5.45. The van der Waals surface area contributed by atoms with Gasteiger partial charge in [0, 0.05) is 30.7 Å². The average molecular weight is 558 g/mol. The number of rotatable bonds is 6. The summed E-state index contributed by atoms with van der Waals surface area (Å²) >= 11 is 0. The van der Waals surface area contributed by atoms with Crippen molar-refractivity contribution in [2.75, 3.05) is 11.9 Å². The van der Waals surface area contributed by atoms with Gasteiger partial charge >= 0.3 is 6.03 Å². The van der Waals surface area contributed by atoms with Crippen LogP contribution in [0.25, 0.3) is 0 Å². The molecule has 0 bridgehead atoms. The van der Waals surface area contributed by atoms with Crippen molar-refractivity contribution >= 4 is 29.2 Å². The average Bonchev–Trinajstić information content (AvgIpc) is 3.06. The van der Waals surface area contributed by atoms with E-state index in [1.165, 1.54) is 41.2 Å². The smallest absolute Gasteiger partial charge is 0.319 e. The Bertz CT molecular complexity index is 1410. The Labute approximate surface area is 239 Å². The van der Waals surface area contributed by atoms with Crippen LogP contribution in [0.4, 0.5) is 16.2 Å². The van der Waals surface area contributed by atoms with Crippen LogP contribution in [0.3, 0.4) is 0 Å². The van der Waals surface area contributed by atoms with Crippen LogP contribution in [-0.2, 0) is 9.59 Å². The van der Waals surface area contributed by atoms with E-state index in [2.05, 4.69) is 10.6 Å². The van der Waals surface area contributed by atoms with Crippen molar-refractivity contribution in [2.45, 2.75) is 57.5 Å². The summed E-state index contributed by atoms with van der Waals surface area (Å²) in [5.74, 6) is -1.07. The first-order valence-corrected chi connectivity index (χ1v) is 13.5. The summed E-state index contributed by atoms with van der Waals surface area (Å²) in [4.78, 5) is 51.0. The highest BCUT2D eigenvalue weighted by Crippen LogP contribution is 2.41. The van der Waals surface area contributed by atoms with Crippen molar-refractivity contribution in [3.63, 3.8) is 0 Å². The Hall–Kier alpha value is -4.73. The molecule has 0 spiro atoms. The van der Waals surface area contributed by atoms with Crippen molar-refractivity contribution in [1.82, 2.24) is 15.3 Å². The van der Waals surface area contributed by atoms with Gasteiger partial charge in [-0.3, -0.25) is 19.7 Å². The van der Waals surface area contributed by atoms with E-state index in [9.17, 15) is 24.5 Å². The topological polar surface area (TPSA) is 125 Å². The zero-order valence-corrected chi connectivity index (χ0v) is 23.6. The molecule has 1 fully saturated rings. The fourth-order valence-corrected chi connectivity index (χ4v) is 5.54. The molecular weight excluding hydrogens is 522 g/mol. The van der Waals surface area contributed by atoms with Gasteiger partial charge in [0.2, 0.25) is 5.91 Å². The fraction of sp³-hybridized carbons (Fsp3) is 0.323. The minimum absolute atomic E-state index is 0.170. The molecule has 3 unspecified atom stereocenters. The molecule has 10 heteroatoms. The molecule has 2 N–H and O–H groups in total. The van der Waals surface area contributed by atoms with Gasteiger partial charge in [0.25, 0.3) is 11.6 Å². The molecule has 4 amide bonds. The van der Waals surface area contributed by atoms with E-state index in [0.717, 1.165) is 11.1 Å². The third-order valence-electron chi connectivity index (χ3n) is 7.15. The van der Waals surface area contributed by atoms with Crippen LogP contribution in [0.1, 0.15) is 57.1 Å². The van der Waals surface area contributed by atoms with E-state index in [1.807, 2.05) is 81.4 Å². The van der Waals surface area contributed by atoms with E-state index in [4.69, 9.17) is 0 Å². The quantitative estimate of drug-likeness (QED) is 0.308. The first-order valence-electron chi connectivity index (χ1n) is 13.5. The maximum Gasteiger partial charge on any atom is 0.319 e. The Morgan fingerprint density at radius 3 is 2.05 bits per heavy atom. The number of nitro groups is 1. The molecule has 41 heavy (non-hydrogen) atoms. The molecule has 3 atom stereocenters. The third-order valence-corrected chi connectivity index (χ3v) is 7.15. The molecule has 0 saturated carbocycles. The second kappa shape index (κ2) is 12.2. The summed E-state index contributed by atoms with van der Waals surface area (Å²) in [5.41, 5.74) is 1.35. The number of non-ortho nitro benzene ring substituents is 1. The van der Waals surface area contributed by atoms with Crippen molar-refractivity contribution in [3.05, 3.63) is 106 Å². The van der Waals surface area contributed by atoms with Crippen LogP contribution >= 0.6 is 0 Å². The number of anilines is 1. The maximum absolute atomic E-state index is 14.2. The van der Waals surface area contributed by atoms with Gasteiger partial charge in [0.15, 0.2) is 0 Å². The van der Waals surface area contributed by atoms with Gasteiger partial charge in [-0.05, 0) is 50.3 Å². The van der Waals surface area contributed by atoms with Crippen molar-refractivity contribution < 1.29 is 19.3 Å². The number of benzene rings is 3. The zero-order chi connectivity index (χ0) is 29.7. The monoisotopic (exact) mass is 557 g/mol. The van der Waals surface area contributed by atoms with Gasteiger partial charge < -0.3 is 10.6 Å². The van der Waals surface area contributed by atoms with Crippen LogP contribution in [0.2, 0.25) is 0 Å². The maximum atomic E-state index is 14.2. The van der Waals surface area contributed by atoms with E-state index < -0.39 is 28.4 Å². The lowest BCUT2D eigenvalue weighted by Gasteiger charge is -2.44. The summed E-state index contributed by atoms with van der Waals surface area (Å²) in [5, 5.41) is 19.5. The van der Waals surface area contributed by atoms with Gasteiger partial charge in [-0.2, -0.15) is 0 Å². The molecule has 1 aliphatic heterocycles. The first-order chi connectivity index (χ1) is 19.5. The lowest BCUT2D eigenvalue weighted by Crippen LogP contribution is -2.61. The van der Waals surface area contributed by atoms with E-state index >= 15 is 0 Å². The highest BCUT2D eigenvalue weighted by atomic mass is 16.6. The second-order valence-electron chi connectivity index (χ2n) is 11.2. The number of carbonyl (C=O) groups is 3. The van der Waals surface area contributed by atoms with Gasteiger partial charge in [-0.25, -0.2) is 14.8 Å². The molecule has 3 aromatic rings.